The Morgan fingerprint density at radius 1 is 1.14 bits per heavy atom. The summed E-state index contributed by atoms with van der Waals surface area (Å²) in [6.07, 6.45) is 1.12. The summed E-state index contributed by atoms with van der Waals surface area (Å²) in [5, 5.41) is 1.36. The summed E-state index contributed by atoms with van der Waals surface area (Å²) in [5.41, 5.74) is 5.25. The lowest BCUT2D eigenvalue weighted by atomic mass is 10.1. The molecule has 2 N–H and O–H groups in total. The Bertz CT molecular complexity index is 795. The predicted molar refractivity (Wildman–Crippen MR) is 94.3 cm³/mol. The SMILES string of the molecule is CN1CCc2[nH]c3ccc(SNc4ccccc4)cc3c2C1. The number of fused-ring (bicyclic) bond motifs is 3. The van der Waals surface area contributed by atoms with Gasteiger partial charge in [0.1, 0.15) is 0 Å². The predicted octanol–water partition coefficient (Wildman–Crippen LogP) is 4.28. The number of likely N-dealkylation sites (N-methyl/N-ethyl adjacent to an activating group) is 1. The summed E-state index contributed by atoms with van der Waals surface area (Å²) in [5.74, 6) is 0. The minimum Gasteiger partial charge on any atom is -0.358 e. The molecule has 0 saturated carbocycles. The molecule has 2 heterocycles. The average Bonchev–Trinajstić information content (AvgIpc) is 2.91. The van der Waals surface area contributed by atoms with E-state index >= 15 is 0 Å². The number of H-pyrrole nitrogens is 1. The number of benzene rings is 2. The van der Waals surface area contributed by atoms with Gasteiger partial charge in [-0.25, -0.2) is 0 Å². The highest BCUT2D eigenvalue weighted by molar-refractivity contribution is 8.00. The summed E-state index contributed by atoms with van der Waals surface area (Å²) in [6.45, 7) is 2.17. The van der Waals surface area contributed by atoms with Gasteiger partial charge in [-0.1, -0.05) is 18.2 Å². The van der Waals surface area contributed by atoms with E-state index in [9.17, 15) is 0 Å². The maximum absolute atomic E-state index is 3.58. The zero-order chi connectivity index (χ0) is 14.9. The van der Waals surface area contributed by atoms with E-state index in [1.165, 1.54) is 27.1 Å². The molecule has 4 rings (SSSR count). The molecule has 22 heavy (non-hydrogen) atoms. The molecule has 0 radical (unpaired) electrons. The fraction of sp³-hybridized carbons (Fsp3) is 0.222. The standard InChI is InChI=1S/C18H19N3S/c1-21-10-9-18-16(12-21)15-11-14(7-8-17(15)19-18)22-20-13-5-3-2-4-6-13/h2-8,11,19-20H,9-10,12H2,1H3. The number of aromatic amines is 1. The molecule has 1 aliphatic rings. The van der Waals surface area contributed by atoms with Crippen LogP contribution in [0.3, 0.4) is 0 Å². The van der Waals surface area contributed by atoms with Gasteiger partial charge < -0.3 is 14.6 Å². The Labute approximate surface area is 134 Å². The number of rotatable bonds is 3. The summed E-state index contributed by atoms with van der Waals surface area (Å²) < 4.78 is 3.40. The molecule has 0 unspecified atom stereocenters. The summed E-state index contributed by atoms with van der Waals surface area (Å²) >= 11 is 1.67. The molecule has 0 bridgehead atoms. The minimum absolute atomic E-state index is 1.04. The lowest BCUT2D eigenvalue weighted by molar-refractivity contribution is 0.313. The third-order valence-corrected chi connectivity index (χ3v) is 5.03. The van der Waals surface area contributed by atoms with Crippen LogP contribution in [-0.2, 0) is 13.0 Å². The van der Waals surface area contributed by atoms with E-state index in [2.05, 4.69) is 52.0 Å². The Morgan fingerprint density at radius 3 is 2.86 bits per heavy atom. The van der Waals surface area contributed by atoms with E-state index in [1.807, 2.05) is 18.2 Å². The molecule has 0 spiro atoms. The van der Waals surface area contributed by atoms with Gasteiger partial charge in [0.15, 0.2) is 0 Å². The average molecular weight is 309 g/mol. The largest absolute Gasteiger partial charge is 0.358 e. The molecular weight excluding hydrogens is 290 g/mol. The van der Waals surface area contributed by atoms with Crippen LogP contribution in [0.5, 0.6) is 0 Å². The normalized spacial score (nSPS) is 15.0. The highest BCUT2D eigenvalue weighted by Crippen LogP contribution is 2.31. The van der Waals surface area contributed by atoms with Gasteiger partial charge in [0, 0.05) is 46.7 Å². The monoisotopic (exact) mass is 309 g/mol. The van der Waals surface area contributed by atoms with Crippen LogP contribution in [0, 0.1) is 0 Å². The molecule has 3 nitrogen and oxygen atoms in total. The lowest BCUT2D eigenvalue weighted by Gasteiger charge is -2.22. The first-order valence-corrected chi connectivity index (χ1v) is 8.41. The third kappa shape index (κ3) is 2.60. The highest BCUT2D eigenvalue weighted by atomic mass is 32.2. The van der Waals surface area contributed by atoms with E-state index in [0.29, 0.717) is 0 Å². The van der Waals surface area contributed by atoms with Crippen molar-refractivity contribution in [2.24, 2.45) is 0 Å². The molecule has 4 heteroatoms. The molecule has 0 aliphatic carbocycles. The Hall–Kier alpha value is -1.91. The zero-order valence-electron chi connectivity index (χ0n) is 12.6. The van der Waals surface area contributed by atoms with E-state index in [1.54, 1.807) is 11.9 Å². The molecule has 1 aromatic heterocycles. The van der Waals surface area contributed by atoms with Crippen molar-refractivity contribution in [3.05, 3.63) is 59.8 Å². The number of nitrogens with one attached hydrogen (secondary N) is 2. The Kier molecular flexibility index (Phi) is 3.56. The molecule has 0 fully saturated rings. The van der Waals surface area contributed by atoms with E-state index in [4.69, 9.17) is 0 Å². The van der Waals surface area contributed by atoms with Gasteiger partial charge >= 0.3 is 0 Å². The van der Waals surface area contributed by atoms with Crippen molar-refractivity contribution < 1.29 is 0 Å². The van der Waals surface area contributed by atoms with E-state index < -0.39 is 0 Å². The molecule has 3 aromatic rings. The smallest absolute Gasteiger partial charge is 0.0460 e. The van der Waals surface area contributed by atoms with Gasteiger partial charge in [-0.05, 0) is 54.9 Å². The first-order valence-electron chi connectivity index (χ1n) is 7.59. The summed E-state index contributed by atoms with van der Waals surface area (Å²) in [4.78, 5) is 7.21. The van der Waals surface area contributed by atoms with Crippen molar-refractivity contribution in [2.75, 3.05) is 18.3 Å². The fourth-order valence-electron chi connectivity index (χ4n) is 3.02. The fourth-order valence-corrected chi connectivity index (χ4v) is 3.70. The summed E-state index contributed by atoms with van der Waals surface area (Å²) in [7, 11) is 2.19. The topological polar surface area (TPSA) is 31.1 Å². The first kappa shape index (κ1) is 13.7. The van der Waals surface area contributed by atoms with Crippen molar-refractivity contribution in [1.29, 1.82) is 0 Å². The Balaban J connectivity index is 1.61. The zero-order valence-corrected chi connectivity index (χ0v) is 13.4. The highest BCUT2D eigenvalue weighted by Gasteiger charge is 2.18. The quantitative estimate of drug-likeness (QED) is 0.708. The second-order valence-electron chi connectivity index (χ2n) is 5.85. The van der Waals surface area contributed by atoms with Crippen LogP contribution in [0.15, 0.2) is 53.4 Å². The minimum atomic E-state index is 1.04. The number of aromatic nitrogens is 1. The maximum Gasteiger partial charge on any atom is 0.0460 e. The molecule has 112 valence electrons. The van der Waals surface area contributed by atoms with Crippen LogP contribution in [0.2, 0.25) is 0 Å². The second kappa shape index (κ2) is 5.71. The molecule has 0 saturated heterocycles. The molecule has 1 aliphatic heterocycles. The number of hydrogen-bond acceptors (Lipinski definition) is 3. The molecule has 2 aromatic carbocycles. The number of anilines is 1. The molecule has 0 atom stereocenters. The Morgan fingerprint density at radius 2 is 2.00 bits per heavy atom. The van der Waals surface area contributed by atoms with Crippen molar-refractivity contribution >= 4 is 28.5 Å². The number of hydrogen-bond donors (Lipinski definition) is 2. The van der Waals surface area contributed by atoms with Gasteiger partial charge in [0.2, 0.25) is 0 Å². The van der Waals surface area contributed by atoms with Gasteiger partial charge in [-0.3, -0.25) is 0 Å². The summed E-state index contributed by atoms with van der Waals surface area (Å²) in [6, 6.07) is 17.0. The lowest BCUT2D eigenvalue weighted by Crippen LogP contribution is -2.25. The van der Waals surface area contributed by atoms with E-state index in [0.717, 1.165) is 25.2 Å². The van der Waals surface area contributed by atoms with Crippen molar-refractivity contribution in [2.45, 2.75) is 17.9 Å². The van der Waals surface area contributed by atoms with Gasteiger partial charge in [0.25, 0.3) is 0 Å². The van der Waals surface area contributed by atoms with Crippen LogP contribution in [0.1, 0.15) is 11.3 Å². The molecular formula is C18H19N3S. The first-order chi connectivity index (χ1) is 10.8. The van der Waals surface area contributed by atoms with Crippen LogP contribution in [-0.4, -0.2) is 23.5 Å². The van der Waals surface area contributed by atoms with Gasteiger partial charge in [0.05, 0.1) is 0 Å². The number of nitrogens with zero attached hydrogens (tertiary/aromatic N) is 1. The van der Waals surface area contributed by atoms with Crippen LogP contribution in [0.4, 0.5) is 5.69 Å². The van der Waals surface area contributed by atoms with Gasteiger partial charge in [-0.2, -0.15) is 0 Å². The maximum atomic E-state index is 3.58. The van der Waals surface area contributed by atoms with Crippen molar-refractivity contribution in [3.8, 4) is 0 Å². The van der Waals surface area contributed by atoms with Crippen LogP contribution >= 0.6 is 11.9 Å². The number of para-hydroxylation sites is 1. The third-order valence-electron chi connectivity index (χ3n) is 4.20. The second-order valence-corrected chi connectivity index (χ2v) is 6.73. The van der Waals surface area contributed by atoms with E-state index in [-0.39, 0.29) is 0 Å². The molecule has 0 amide bonds. The van der Waals surface area contributed by atoms with Crippen molar-refractivity contribution in [3.63, 3.8) is 0 Å². The van der Waals surface area contributed by atoms with Crippen LogP contribution in [0.25, 0.3) is 10.9 Å². The van der Waals surface area contributed by atoms with Gasteiger partial charge in [-0.15, -0.1) is 0 Å². The van der Waals surface area contributed by atoms with Crippen molar-refractivity contribution in [1.82, 2.24) is 9.88 Å². The van der Waals surface area contributed by atoms with Crippen LogP contribution < -0.4 is 4.72 Å².